The van der Waals surface area contributed by atoms with Gasteiger partial charge in [-0.1, -0.05) is 0 Å². The lowest BCUT2D eigenvalue weighted by Gasteiger charge is -2.10. The zero-order chi connectivity index (χ0) is 10.1. The third-order valence-electron chi connectivity index (χ3n) is 2.60. The zero-order valence-electron chi connectivity index (χ0n) is 8.08. The first-order valence-electron chi connectivity index (χ1n) is 4.77. The summed E-state index contributed by atoms with van der Waals surface area (Å²) in [7, 11) is 0. The number of H-pyrrole nitrogens is 1. The van der Waals surface area contributed by atoms with Gasteiger partial charge < -0.3 is 11.1 Å². The van der Waals surface area contributed by atoms with Gasteiger partial charge in [0.15, 0.2) is 5.95 Å². The van der Waals surface area contributed by atoms with E-state index in [0.29, 0.717) is 11.6 Å². The molecule has 2 atom stereocenters. The summed E-state index contributed by atoms with van der Waals surface area (Å²) in [5, 5.41) is 3.33. The van der Waals surface area contributed by atoms with Gasteiger partial charge in [0.1, 0.15) is 0 Å². The highest BCUT2D eigenvalue weighted by atomic mass is 16.1. The lowest BCUT2D eigenvalue weighted by atomic mass is 10.1. The summed E-state index contributed by atoms with van der Waals surface area (Å²) in [4.78, 5) is 17.9. The maximum absolute atomic E-state index is 11.5. The summed E-state index contributed by atoms with van der Waals surface area (Å²) >= 11 is 0. The first kappa shape index (κ1) is 9.21. The van der Waals surface area contributed by atoms with E-state index in [0.717, 1.165) is 12.8 Å². The molecule has 0 bridgehead atoms. The van der Waals surface area contributed by atoms with Gasteiger partial charge in [0.25, 0.3) is 5.56 Å². The van der Waals surface area contributed by atoms with Crippen LogP contribution in [-0.2, 0) is 0 Å². The molecule has 0 aromatic carbocycles. The SMILES string of the molecule is CC1CCC(c2cnc(N)[nH]c2=O)N1. The number of nitrogens with zero attached hydrogens (tertiary/aromatic N) is 1. The Bertz CT molecular complexity index is 387. The largest absolute Gasteiger partial charge is 0.369 e. The van der Waals surface area contributed by atoms with Crippen molar-refractivity contribution in [3.63, 3.8) is 0 Å². The molecule has 0 saturated carbocycles. The molecule has 2 unspecified atom stereocenters. The summed E-state index contributed by atoms with van der Waals surface area (Å²) in [5.74, 6) is 0.171. The van der Waals surface area contributed by atoms with Gasteiger partial charge in [-0.2, -0.15) is 0 Å². The first-order chi connectivity index (χ1) is 6.66. The minimum atomic E-state index is -0.135. The molecule has 1 aliphatic rings. The smallest absolute Gasteiger partial charge is 0.257 e. The van der Waals surface area contributed by atoms with E-state index < -0.39 is 0 Å². The summed E-state index contributed by atoms with van der Waals surface area (Å²) in [6.07, 6.45) is 3.63. The van der Waals surface area contributed by atoms with Crippen molar-refractivity contribution in [2.24, 2.45) is 0 Å². The Hall–Kier alpha value is -1.36. The number of nitrogens with one attached hydrogen (secondary N) is 2. The van der Waals surface area contributed by atoms with E-state index in [2.05, 4.69) is 22.2 Å². The number of nitrogen functional groups attached to an aromatic ring is 1. The third kappa shape index (κ3) is 1.63. The van der Waals surface area contributed by atoms with E-state index in [1.807, 2.05) is 0 Å². The second-order valence-corrected chi connectivity index (χ2v) is 3.75. The molecule has 76 valence electrons. The summed E-state index contributed by atoms with van der Waals surface area (Å²) in [5.41, 5.74) is 5.92. The third-order valence-corrected chi connectivity index (χ3v) is 2.60. The van der Waals surface area contributed by atoms with Crippen LogP contribution >= 0.6 is 0 Å². The van der Waals surface area contributed by atoms with Crippen molar-refractivity contribution in [3.05, 3.63) is 22.1 Å². The number of anilines is 1. The highest BCUT2D eigenvalue weighted by molar-refractivity contribution is 5.20. The minimum Gasteiger partial charge on any atom is -0.369 e. The zero-order valence-corrected chi connectivity index (χ0v) is 8.08. The topological polar surface area (TPSA) is 83.8 Å². The summed E-state index contributed by atoms with van der Waals surface area (Å²) < 4.78 is 0. The molecule has 2 heterocycles. The number of nitrogens with two attached hydrogens (primary N) is 1. The Morgan fingerprint density at radius 3 is 2.93 bits per heavy atom. The van der Waals surface area contributed by atoms with E-state index in [9.17, 15) is 4.79 Å². The molecule has 1 aromatic rings. The van der Waals surface area contributed by atoms with Gasteiger partial charge in [-0.3, -0.25) is 9.78 Å². The Kier molecular flexibility index (Phi) is 2.25. The van der Waals surface area contributed by atoms with Crippen LogP contribution in [0, 0.1) is 0 Å². The van der Waals surface area contributed by atoms with Crippen molar-refractivity contribution in [3.8, 4) is 0 Å². The van der Waals surface area contributed by atoms with Crippen LogP contribution in [-0.4, -0.2) is 16.0 Å². The molecule has 5 heteroatoms. The van der Waals surface area contributed by atoms with Crippen molar-refractivity contribution in [2.75, 3.05) is 5.73 Å². The number of aromatic nitrogens is 2. The second kappa shape index (κ2) is 3.42. The van der Waals surface area contributed by atoms with Crippen molar-refractivity contribution in [2.45, 2.75) is 31.8 Å². The average molecular weight is 194 g/mol. The number of rotatable bonds is 1. The van der Waals surface area contributed by atoms with Crippen molar-refractivity contribution in [1.82, 2.24) is 15.3 Å². The quantitative estimate of drug-likeness (QED) is 0.595. The van der Waals surface area contributed by atoms with Crippen LogP contribution in [0.2, 0.25) is 0 Å². The highest BCUT2D eigenvalue weighted by Crippen LogP contribution is 2.23. The van der Waals surface area contributed by atoms with E-state index in [1.165, 1.54) is 0 Å². The highest BCUT2D eigenvalue weighted by Gasteiger charge is 2.23. The molecular weight excluding hydrogens is 180 g/mol. The second-order valence-electron chi connectivity index (χ2n) is 3.75. The van der Waals surface area contributed by atoms with Gasteiger partial charge in [-0.05, 0) is 19.8 Å². The molecule has 0 radical (unpaired) electrons. The summed E-state index contributed by atoms with van der Waals surface area (Å²) in [6.45, 7) is 2.11. The molecular formula is C9H14N4O. The van der Waals surface area contributed by atoms with Crippen LogP contribution < -0.4 is 16.6 Å². The van der Waals surface area contributed by atoms with Gasteiger partial charge in [0, 0.05) is 18.3 Å². The van der Waals surface area contributed by atoms with E-state index in [-0.39, 0.29) is 17.5 Å². The molecule has 4 N–H and O–H groups in total. The van der Waals surface area contributed by atoms with Gasteiger partial charge in [-0.25, -0.2) is 4.98 Å². The average Bonchev–Trinajstić information content (AvgIpc) is 2.51. The molecule has 1 fully saturated rings. The molecule has 14 heavy (non-hydrogen) atoms. The minimum absolute atomic E-state index is 0.127. The molecule has 0 spiro atoms. The van der Waals surface area contributed by atoms with Gasteiger partial charge in [-0.15, -0.1) is 0 Å². The Morgan fingerprint density at radius 2 is 2.36 bits per heavy atom. The van der Waals surface area contributed by atoms with Crippen LogP contribution in [0.15, 0.2) is 11.0 Å². The number of hydrogen-bond acceptors (Lipinski definition) is 4. The first-order valence-corrected chi connectivity index (χ1v) is 4.77. The Labute approximate surface area is 81.7 Å². The van der Waals surface area contributed by atoms with Crippen LogP contribution in [0.25, 0.3) is 0 Å². The normalized spacial score (nSPS) is 26.6. The molecule has 1 aromatic heterocycles. The molecule has 5 nitrogen and oxygen atoms in total. The van der Waals surface area contributed by atoms with E-state index in [4.69, 9.17) is 5.73 Å². The van der Waals surface area contributed by atoms with Crippen molar-refractivity contribution < 1.29 is 0 Å². The maximum Gasteiger partial charge on any atom is 0.257 e. The predicted molar refractivity (Wildman–Crippen MR) is 53.8 cm³/mol. The van der Waals surface area contributed by atoms with Gasteiger partial charge >= 0.3 is 0 Å². The van der Waals surface area contributed by atoms with Crippen LogP contribution in [0.1, 0.15) is 31.4 Å². The molecule has 1 aliphatic heterocycles. The lowest BCUT2D eigenvalue weighted by Crippen LogP contribution is -2.27. The van der Waals surface area contributed by atoms with Crippen molar-refractivity contribution in [1.29, 1.82) is 0 Å². The fourth-order valence-corrected chi connectivity index (χ4v) is 1.84. The standard InChI is InChI=1S/C9H14N4O/c1-5-2-3-7(12-5)6-4-11-9(10)13-8(6)14/h4-5,7,12H,2-3H2,1H3,(H3,10,11,13,14). The Morgan fingerprint density at radius 1 is 1.57 bits per heavy atom. The summed E-state index contributed by atoms with van der Waals surface area (Å²) in [6, 6.07) is 0.596. The number of hydrogen-bond donors (Lipinski definition) is 3. The van der Waals surface area contributed by atoms with Crippen LogP contribution in [0.3, 0.4) is 0 Å². The molecule has 2 rings (SSSR count). The van der Waals surface area contributed by atoms with Gasteiger partial charge in [0.2, 0.25) is 0 Å². The van der Waals surface area contributed by atoms with Crippen LogP contribution in [0.4, 0.5) is 5.95 Å². The van der Waals surface area contributed by atoms with E-state index >= 15 is 0 Å². The van der Waals surface area contributed by atoms with E-state index in [1.54, 1.807) is 6.20 Å². The Balaban J connectivity index is 2.29. The van der Waals surface area contributed by atoms with Gasteiger partial charge in [0.05, 0.1) is 5.56 Å². The molecule has 0 amide bonds. The predicted octanol–water partition coefficient (Wildman–Crippen LogP) is 0.165. The fourth-order valence-electron chi connectivity index (χ4n) is 1.84. The van der Waals surface area contributed by atoms with Crippen molar-refractivity contribution >= 4 is 5.95 Å². The molecule has 1 saturated heterocycles. The monoisotopic (exact) mass is 194 g/mol. The van der Waals surface area contributed by atoms with Crippen LogP contribution in [0.5, 0.6) is 0 Å². The lowest BCUT2D eigenvalue weighted by molar-refractivity contribution is 0.579. The number of aromatic amines is 1. The maximum atomic E-state index is 11.5. The molecule has 0 aliphatic carbocycles. The fraction of sp³-hybridized carbons (Fsp3) is 0.556.